The first kappa shape index (κ1) is 23.8. The third-order valence-corrected chi connectivity index (χ3v) is 6.74. The summed E-state index contributed by atoms with van der Waals surface area (Å²) in [6.45, 7) is 6.05. The Bertz CT molecular complexity index is 1470. The van der Waals surface area contributed by atoms with Gasteiger partial charge in [0.2, 0.25) is 0 Å². The number of hydrogen-bond acceptors (Lipinski definition) is 8. The third kappa shape index (κ3) is 4.40. The molecular weight excluding hydrogens is 464 g/mol. The minimum Gasteiger partial charge on any atom is -0.457 e. The zero-order valence-corrected chi connectivity index (χ0v) is 20.5. The molecule has 4 aromatic rings. The smallest absolute Gasteiger partial charge is 0.330 e. The summed E-state index contributed by atoms with van der Waals surface area (Å²) in [4.78, 5) is 51.3. The Labute approximate surface area is 206 Å². The molecular formula is C25H30N6O5. The number of nitrogens with one attached hydrogen (secondary N) is 1. The first-order chi connectivity index (χ1) is 17.5. The van der Waals surface area contributed by atoms with E-state index < -0.39 is 11.2 Å². The molecule has 11 nitrogen and oxygen atoms in total. The van der Waals surface area contributed by atoms with Gasteiger partial charge in [0.1, 0.15) is 17.9 Å². The Balaban J connectivity index is 1.27. The summed E-state index contributed by atoms with van der Waals surface area (Å²) in [5.41, 5.74) is 1.25. The van der Waals surface area contributed by atoms with E-state index in [1.807, 2.05) is 43.0 Å². The molecule has 0 radical (unpaired) electrons. The van der Waals surface area contributed by atoms with Crippen molar-refractivity contribution in [2.45, 2.75) is 59.2 Å². The topological polar surface area (TPSA) is 128 Å². The SMILES string of the molecule is CCCCn1c(=O)[nH]c(=O)c2c1nc(COC(=O)C1CCN(c3nc4ccccc4o3)CC1)n2CC. The van der Waals surface area contributed by atoms with Crippen LogP contribution in [0.25, 0.3) is 22.3 Å². The predicted molar refractivity (Wildman–Crippen MR) is 134 cm³/mol. The number of esters is 1. The van der Waals surface area contributed by atoms with Gasteiger partial charge in [-0.3, -0.25) is 19.1 Å². The number of fused-ring (bicyclic) bond motifs is 2. The van der Waals surface area contributed by atoms with E-state index in [-0.39, 0.29) is 18.5 Å². The number of para-hydroxylation sites is 2. The first-order valence-electron chi connectivity index (χ1n) is 12.5. The Hall–Kier alpha value is -3.89. The maximum Gasteiger partial charge on any atom is 0.330 e. The normalized spacial score (nSPS) is 14.7. The number of aromatic amines is 1. The van der Waals surface area contributed by atoms with Crippen LogP contribution in [0.4, 0.5) is 6.01 Å². The number of aryl methyl sites for hydroxylation is 2. The fourth-order valence-electron chi connectivity index (χ4n) is 4.75. The van der Waals surface area contributed by atoms with Gasteiger partial charge in [0.05, 0.1) is 5.92 Å². The molecule has 0 saturated carbocycles. The fourth-order valence-corrected chi connectivity index (χ4v) is 4.75. The lowest BCUT2D eigenvalue weighted by atomic mass is 9.97. The second-order valence-electron chi connectivity index (χ2n) is 9.04. The van der Waals surface area contributed by atoms with Crippen LogP contribution in [-0.4, -0.2) is 43.1 Å². The average Bonchev–Trinajstić information content (AvgIpc) is 3.49. The lowest BCUT2D eigenvalue weighted by Gasteiger charge is -2.29. The molecule has 1 N–H and O–H groups in total. The highest BCUT2D eigenvalue weighted by Gasteiger charge is 2.29. The highest BCUT2D eigenvalue weighted by Crippen LogP contribution is 2.27. The Morgan fingerprint density at radius 3 is 2.64 bits per heavy atom. The number of anilines is 1. The monoisotopic (exact) mass is 494 g/mol. The van der Waals surface area contributed by atoms with Gasteiger partial charge in [0.25, 0.3) is 11.6 Å². The fraction of sp³-hybridized carbons (Fsp3) is 0.480. The molecule has 0 unspecified atom stereocenters. The van der Waals surface area contributed by atoms with E-state index in [4.69, 9.17) is 9.15 Å². The molecule has 11 heteroatoms. The van der Waals surface area contributed by atoms with E-state index in [1.165, 1.54) is 4.57 Å². The Kier molecular flexibility index (Phi) is 6.62. The van der Waals surface area contributed by atoms with Crippen LogP contribution in [0.5, 0.6) is 0 Å². The number of oxazole rings is 1. The van der Waals surface area contributed by atoms with Gasteiger partial charge in [-0.25, -0.2) is 9.78 Å². The molecule has 1 saturated heterocycles. The lowest BCUT2D eigenvalue weighted by Crippen LogP contribution is -2.37. The van der Waals surface area contributed by atoms with Crippen LogP contribution in [0.15, 0.2) is 38.3 Å². The third-order valence-electron chi connectivity index (χ3n) is 6.74. The number of carbonyl (C=O) groups is 1. The highest BCUT2D eigenvalue weighted by molar-refractivity contribution is 5.75. The molecule has 0 amide bonds. The molecule has 190 valence electrons. The van der Waals surface area contributed by atoms with Crippen LogP contribution >= 0.6 is 0 Å². The quantitative estimate of drug-likeness (QED) is 0.370. The number of hydrogen-bond donors (Lipinski definition) is 1. The van der Waals surface area contributed by atoms with Crippen LogP contribution in [0.1, 0.15) is 45.4 Å². The molecule has 0 spiro atoms. The Morgan fingerprint density at radius 2 is 1.92 bits per heavy atom. The summed E-state index contributed by atoms with van der Waals surface area (Å²) >= 11 is 0. The maximum atomic E-state index is 12.9. The number of aromatic nitrogens is 5. The van der Waals surface area contributed by atoms with Crippen molar-refractivity contribution in [2.75, 3.05) is 18.0 Å². The lowest BCUT2D eigenvalue weighted by molar-refractivity contribution is -0.150. The minimum absolute atomic E-state index is 0.0614. The minimum atomic E-state index is -0.485. The van der Waals surface area contributed by atoms with E-state index in [2.05, 4.69) is 15.0 Å². The standard InChI is InChI=1S/C25H30N6O5/c1-3-5-12-31-21-20(22(32)28-24(31)34)30(4-2)19(27-21)15-35-23(33)16-10-13-29(14-11-16)25-26-17-8-6-7-9-18(17)36-25/h6-9,16H,3-5,10-15H2,1-2H3,(H,28,32,34). The number of carbonyl (C=O) groups excluding carboxylic acids is 1. The van der Waals surface area contributed by atoms with E-state index in [1.54, 1.807) is 4.57 Å². The maximum absolute atomic E-state index is 12.9. The molecule has 1 aliphatic rings. The van der Waals surface area contributed by atoms with E-state index in [0.717, 1.165) is 23.9 Å². The molecule has 1 aliphatic heterocycles. The molecule has 36 heavy (non-hydrogen) atoms. The van der Waals surface area contributed by atoms with Crippen molar-refractivity contribution in [3.05, 3.63) is 50.9 Å². The van der Waals surface area contributed by atoms with Gasteiger partial charge in [-0.05, 0) is 38.3 Å². The van der Waals surface area contributed by atoms with Gasteiger partial charge >= 0.3 is 11.7 Å². The van der Waals surface area contributed by atoms with Gasteiger partial charge in [0.15, 0.2) is 16.7 Å². The summed E-state index contributed by atoms with van der Waals surface area (Å²) in [7, 11) is 0. The van der Waals surface area contributed by atoms with Crippen molar-refractivity contribution >= 4 is 34.2 Å². The molecule has 4 heterocycles. The summed E-state index contributed by atoms with van der Waals surface area (Å²) in [5.74, 6) is -0.0819. The summed E-state index contributed by atoms with van der Waals surface area (Å²) in [6.07, 6.45) is 2.93. The van der Waals surface area contributed by atoms with Gasteiger partial charge in [-0.15, -0.1) is 0 Å². The largest absolute Gasteiger partial charge is 0.457 e. The van der Waals surface area contributed by atoms with Crippen molar-refractivity contribution < 1.29 is 13.9 Å². The average molecular weight is 495 g/mol. The second-order valence-corrected chi connectivity index (χ2v) is 9.04. The summed E-state index contributed by atoms with van der Waals surface area (Å²) in [6, 6.07) is 8.19. The molecule has 0 atom stereocenters. The number of nitrogens with zero attached hydrogens (tertiary/aromatic N) is 5. The van der Waals surface area contributed by atoms with Gasteiger partial charge in [-0.2, -0.15) is 4.98 Å². The number of rotatable bonds is 8. The highest BCUT2D eigenvalue weighted by atomic mass is 16.5. The van der Waals surface area contributed by atoms with Gasteiger partial charge in [-0.1, -0.05) is 25.5 Å². The van der Waals surface area contributed by atoms with E-state index >= 15 is 0 Å². The van der Waals surface area contributed by atoms with Crippen LogP contribution < -0.4 is 16.1 Å². The number of unbranched alkanes of at least 4 members (excludes halogenated alkanes) is 1. The first-order valence-corrected chi connectivity index (χ1v) is 12.5. The van der Waals surface area contributed by atoms with Crippen LogP contribution in [0.2, 0.25) is 0 Å². The molecule has 0 bridgehead atoms. The number of piperidine rings is 1. The summed E-state index contributed by atoms with van der Waals surface area (Å²) < 4.78 is 14.7. The number of benzene rings is 1. The molecule has 3 aromatic heterocycles. The van der Waals surface area contributed by atoms with Crippen molar-refractivity contribution in [1.29, 1.82) is 0 Å². The number of ether oxygens (including phenoxy) is 1. The molecule has 1 fully saturated rings. The van der Waals surface area contributed by atoms with Crippen molar-refractivity contribution in [2.24, 2.45) is 5.92 Å². The van der Waals surface area contributed by atoms with Crippen molar-refractivity contribution in [3.8, 4) is 0 Å². The zero-order chi connectivity index (χ0) is 25.2. The van der Waals surface area contributed by atoms with E-state index in [9.17, 15) is 14.4 Å². The number of H-pyrrole nitrogens is 1. The van der Waals surface area contributed by atoms with Gasteiger partial charge in [0, 0.05) is 26.2 Å². The van der Waals surface area contributed by atoms with Crippen LogP contribution in [0.3, 0.4) is 0 Å². The molecule has 1 aromatic carbocycles. The number of imidazole rings is 1. The van der Waals surface area contributed by atoms with Crippen LogP contribution in [-0.2, 0) is 29.2 Å². The summed E-state index contributed by atoms with van der Waals surface area (Å²) in [5, 5.41) is 0. The predicted octanol–water partition coefficient (Wildman–Crippen LogP) is 2.81. The van der Waals surface area contributed by atoms with Crippen LogP contribution in [0, 0.1) is 5.92 Å². The second kappa shape index (κ2) is 10.00. The molecule has 0 aliphatic carbocycles. The van der Waals surface area contributed by atoms with Crippen molar-refractivity contribution in [3.63, 3.8) is 0 Å². The Morgan fingerprint density at radius 1 is 1.14 bits per heavy atom. The van der Waals surface area contributed by atoms with Gasteiger partial charge < -0.3 is 18.6 Å². The zero-order valence-electron chi connectivity index (χ0n) is 20.5. The molecule has 5 rings (SSSR count). The van der Waals surface area contributed by atoms with E-state index in [0.29, 0.717) is 62.0 Å². The van der Waals surface area contributed by atoms with Crippen molar-refractivity contribution in [1.82, 2.24) is 24.1 Å².